The van der Waals surface area contributed by atoms with E-state index in [2.05, 4.69) is 17.0 Å². The number of piperidine rings is 1. The van der Waals surface area contributed by atoms with Gasteiger partial charge in [-0.1, -0.05) is 24.9 Å². The first-order valence-corrected chi connectivity index (χ1v) is 12.6. The lowest BCUT2D eigenvalue weighted by molar-refractivity contribution is 0.101. The van der Waals surface area contributed by atoms with Crippen LogP contribution in [-0.2, 0) is 0 Å². The molecule has 4 rings (SSSR count). The van der Waals surface area contributed by atoms with Crippen molar-refractivity contribution in [2.45, 2.75) is 64.4 Å². The first-order chi connectivity index (χ1) is 17.0. The van der Waals surface area contributed by atoms with Crippen LogP contribution in [0.5, 0.6) is 11.5 Å². The molecule has 0 N–H and O–H groups in total. The average molecular weight is 483 g/mol. The molecule has 1 atom stereocenters. The van der Waals surface area contributed by atoms with E-state index in [4.69, 9.17) is 14.0 Å². The zero-order chi connectivity index (χ0) is 24.8. The lowest BCUT2D eigenvalue weighted by Crippen LogP contribution is -2.36. The zero-order valence-electron chi connectivity index (χ0n) is 20.9. The van der Waals surface area contributed by atoms with Crippen LogP contribution >= 0.6 is 0 Å². The number of halogens is 1. The van der Waals surface area contributed by atoms with E-state index in [1.54, 1.807) is 32.2 Å². The third-order valence-electron chi connectivity index (χ3n) is 6.95. The van der Waals surface area contributed by atoms with Gasteiger partial charge in [0.1, 0.15) is 11.9 Å². The summed E-state index contributed by atoms with van der Waals surface area (Å²) in [5.41, 5.74) is 2.09. The number of carbonyl (C=O) groups excluding carboxylic acids is 1. The molecule has 3 aromatic rings. The fourth-order valence-corrected chi connectivity index (χ4v) is 4.84. The third kappa shape index (κ3) is 6.20. The molecule has 35 heavy (non-hydrogen) atoms. The van der Waals surface area contributed by atoms with Crippen molar-refractivity contribution in [3.8, 4) is 11.5 Å². The number of benzene rings is 2. The second-order valence-electron chi connectivity index (χ2n) is 9.42. The summed E-state index contributed by atoms with van der Waals surface area (Å²) >= 11 is 0. The van der Waals surface area contributed by atoms with E-state index in [1.807, 2.05) is 6.07 Å². The van der Waals surface area contributed by atoms with E-state index < -0.39 is 0 Å². The van der Waals surface area contributed by atoms with Crippen molar-refractivity contribution in [3.05, 3.63) is 53.5 Å². The summed E-state index contributed by atoms with van der Waals surface area (Å²) in [7, 11) is 1.60. The molecule has 1 aromatic heterocycles. The molecule has 0 bridgehead atoms. The van der Waals surface area contributed by atoms with Crippen molar-refractivity contribution in [1.29, 1.82) is 0 Å². The Morgan fingerprint density at radius 3 is 2.69 bits per heavy atom. The Morgan fingerprint density at radius 1 is 1.17 bits per heavy atom. The van der Waals surface area contributed by atoms with Gasteiger partial charge in [-0.3, -0.25) is 4.79 Å². The quantitative estimate of drug-likeness (QED) is 0.295. The maximum atomic E-state index is 13.5. The molecule has 1 unspecified atom stereocenters. The van der Waals surface area contributed by atoms with Gasteiger partial charge in [-0.25, -0.2) is 4.39 Å². The lowest BCUT2D eigenvalue weighted by atomic mass is 9.91. The largest absolute Gasteiger partial charge is 0.493 e. The highest BCUT2D eigenvalue weighted by atomic mass is 19.1. The summed E-state index contributed by atoms with van der Waals surface area (Å²) in [6, 6.07) is 10.0. The molecule has 6 nitrogen and oxygen atoms in total. The predicted octanol–water partition coefficient (Wildman–Crippen LogP) is 6.39. The van der Waals surface area contributed by atoms with Gasteiger partial charge in [0.05, 0.1) is 12.8 Å². The van der Waals surface area contributed by atoms with Gasteiger partial charge in [-0.05, 0) is 76.0 Å². The second kappa shape index (κ2) is 11.7. The number of ether oxygens (including phenoxy) is 2. The van der Waals surface area contributed by atoms with E-state index in [9.17, 15) is 9.18 Å². The number of hydrogen-bond donors (Lipinski definition) is 0. The van der Waals surface area contributed by atoms with Crippen LogP contribution in [0.2, 0.25) is 0 Å². The Kier molecular flexibility index (Phi) is 8.39. The number of unbranched alkanes of at least 4 members (excludes halogenated alkanes) is 1. The van der Waals surface area contributed by atoms with Gasteiger partial charge in [-0.15, -0.1) is 0 Å². The van der Waals surface area contributed by atoms with Crippen molar-refractivity contribution >= 4 is 16.8 Å². The summed E-state index contributed by atoms with van der Waals surface area (Å²) < 4.78 is 30.7. The van der Waals surface area contributed by atoms with Crippen LogP contribution in [-0.4, -0.2) is 48.7 Å². The Hall–Kier alpha value is -2.93. The second-order valence-corrected chi connectivity index (χ2v) is 9.42. The van der Waals surface area contributed by atoms with Crippen molar-refractivity contribution < 1.29 is 23.2 Å². The molecular formula is C28H35FN2O4. The molecule has 7 heteroatoms. The molecule has 1 fully saturated rings. The maximum Gasteiger partial charge on any atom is 0.170 e. The molecule has 1 saturated heterocycles. The molecule has 2 aromatic carbocycles. The van der Waals surface area contributed by atoms with Crippen LogP contribution in [0.1, 0.15) is 74.3 Å². The molecule has 2 heterocycles. The minimum atomic E-state index is -0.303. The van der Waals surface area contributed by atoms with Gasteiger partial charge in [0.25, 0.3) is 0 Å². The monoisotopic (exact) mass is 482 g/mol. The number of likely N-dealkylation sites (tertiary alicyclic amines) is 1. The molecule has 0 saturated carbocycles. The normalized spacial score (nSPS) is 15.9. The minimum absolute atomic E-state index is 0.00608. The SMILES string of the molecule is CCCCC(CCN1CCC(c2noc3cc(F)ccc23)CC1)Oc1ccc(C(C)=O)cc1OC. The van der Waals surface area contributed by atoms with Crippen molar-refractivity contribution in [2.75, 3.05) is 26.7 Å². The molecule has 0 spiro atoms. The van der Waals surface area contributed by atoms with Crippen LogP contribution in [0, 0.1) is 5.82 Å². The van der Waals surface area contributed by atoms with Crippen LogP contribution < -0.4 is 9.47 Å². The van der Waals surface area contributed by atoms with E-state index in [0.717, 1.165) is 69.2 Å². The van der Waals surface area contributed by atoms with Gasteiger partial charge in [0, 0.05) is 29.5 Å². The number of Topliss-reactive ketones (excluding diaryl/α,β-unsaturated/α-hetero) is 1. The maximum absolute atomic E-state index is 13.5. The number of nitrogens with zero attached hydrogens (tertiary/aromatic N) is 2. The van der Waals surface area contributed by atoms with Gasteiger partial charge < -0.3 is 18.9 Å². The molecule has 188 valence electrons. The third-order valence-corrected chi connectivity index (χ3v) is 6.95. The van der Waals surface area contributed by atoms with Crippen LogP contribution in [0.3, 0.4) is 0 Å². The van der Waals surface area contributed by atoms with Crippen LogP contribution in [0.4, 0.5) is 4.39 Å². The van der Waals surface area contributed by atoms with E-state index in [1.165, 1.54) is 12.1 Å². The highest BCUT2D eigenvalue weighted by molar-refractivity contribution is 5.94. The predicted molar refractivity (Wildman–Crippen MR) is 134 cm³/mol. The van der Waals surface area contributed by atoms with E-state index >= 15 is 0 Å². The van der Waals surface area contributed by atoms with Gasteiger partial charge in [0.2, 0.25) is 0 Å². The van der Waals surface area contributed by atoms with Crippen molar-refractivity contribution in [2.24, 2.45) is 0 Å². The number of rotatable bonds is 11. The fourth-order valence-electron chi connectivity index (χ4n) is 4.84. The summed E-state index contributed by atoms with van der Waals surface area (Å²) in [4.78, 5) is 14.2. The van der Waals surface area contributed by atoms with Crippen molar-refractivity contribution in [3.63, 3.8) is 0 Å². The van der Waals surface area contributed by atoms with Crippen molar-refractivity contribution in [1.82, 2.24) is 10.1 Å². The number of ketones is 1. The Balaban J connectivity index is 1.34. The smallest absolute Gasteiger partial charge is 0.170 e. The molecule has 1 aliphatic heterocycles. The standard InChI is InChI=1S/C28H35FN2O4/c1-4-5-6-23(34-25-10-7-21(19(2)32)17-27(25)33-3)13-16-31-14-11-20(12-15-31)28-24-9-8-22(29)18-26(24)35-30-28/h7-10,17-18,20,23H,4-6,11-16H2,1-3H3. The lowest BCUT2D eigenvalue weighted by Gasteiger charge is -2.32. The van der Waals surface area contributed by atoms with E-state index in [0.29, 0.717) is 28.6 Å². The number of carbonyl (C=O) groups is 1. The van der Waals surface area contributed by atoms with E-state index in [-0.39, 0.29) is 17.7 Å². The topological polar surface area (TPSA) is 64.8 Å². The Morgan fingerprint density at radius 2 is 1.97 bits per heavy atom. The number of aromatic nitrogens is 1. The number of fused-ring (bicyclic) bond motifs is 1. The van der Waals surface area contributed by atoms with Gasteiger partial charge >= 0.3 is 0 Å². The minimum Gasteiger partial charge on any atom is -0.493 e. The summed E-state index contributed by atoms with van der Waals surface area (Å²) in [6.45, 7) is 6.66. The molecule has 0 amide bonds. The molecule has 0 radical (unpaired) electrons. The fraction of sp³-hybridized carbons (Fsp3) is 0.500. The first kappa shape index (κ1) is 25.2. The highest BCUT2D eigenvalue weighted by Crippen LogP contribution is 2.34. The van der Waals surface area contributed by atoms with Gasteiger partial charge in [-0.2, -0.15) is 0 Å². The summed E-state index contributed by atoms with van der Waals surface area (Å²) in [5, 5.41) is 5.18. The Bertz CT molecular complexity index is 1140. The number of hydrogen-bond acceptors (Lipinski definition) is 6. The molecule has 0 aliphatic carbocycles. The number of methoxy groups -OCH3 is 1. The summed E-state index contributed by atoms with van der Waals surface area (Å²) in [6.07, 6.45) is 6.20. The summed E-state index contributed by atoms with van der Waals surface area (Å²) in [5.74, 6) is 1.31. The highest BCUT2D eigenvalue weighted by Gasteiger charge is 2.26. The molecule has 1 aliphatic rings. The Labute approximate surface area is 206 Å². The zero-order valence-corrected chi connectivity index (χ0v) is 20.9. The first-order valence-electron chi connectivity index (χ1n) is 12.6. The van der Waals surface area contributed by atoms with Crippen LogP contribution in [0.25, 0.3) is 11.0 Å². The van der Waals surface area contributed by atoms with Crippen LogP contribution in [0.15, 0.2) is 40.9 Å². The molecular weight excluding hydrogens is 447 g/mol. The average Bonchev–Trinajstić information content (AvgIpc) is 3.29. The van der Waals surface area contributed by atoms with Gasteiger partial charge in [0.15, 0.2) is 22.9 Å².